The molecule has 36 heavy (non-hydrogen) atoms. The third-order valence-corrected chi connectivity index (χ3v) is 7.53. The van der Waals surface area contributed by atoms with E-state index in [2.05, 4.69) is 5.32 Å². The van der Waals surface area contributed by atoms with E-state index < -0.39 is 6.04 Å². The molecule has 2 saturated heterocycles. The highest BCUT2D eigenvalue weighted by Gasteiger charge is 2.41. The maximum atomic E-state index is 13.3. The van der Waals surface area contributed by atoms with Crippen molar-refractivity contribution < 1.29 is 19.2 Å². The highest BCUT2D eigenvalue weighted by molar-refractivity contribution is 6.05. The van der Waals surface area contributed by atoms with Gasteiger partial charge in [-0.05, 0) is 42.9 Å². The topological polar surface area (TPSA) is 90.0 Å². The summed E-state index contributed by atoms with van der Waals surface area (Å²) >= 11 is 0. The average molecular weight is 489 g/mol. The fourth-order valence-corrected chi connectivity index (χ4v) is 5.54. The number of carbonyl (C=O) groups excluding carboxylic acids is 4. The number of nitrogens with one attached hydrogen (secondary N) is 1. The maximum Gasteiger partial charge on any atom is 0.255 e. The molecule has 8 nitrogen and oxygen atoms in total. The van der Waals surface area contributed by atoms with Crippen LogP contribution in [0.4, 0.5) is 0 Å². The normalized spacial score (nSPS) is 19.9. The number of nitrogens with zero attached hydrogens (tertiary/aromatic N) is 3. The van der Waals surface area contributed by atoms with Crippen LogP contribution >= 0.6 is 0 Å². The molecule has 5 rings (SSSR count). The van der Waals surface area contributed by atoms with Crippen LogP contribution in [-0.4, -0.2) is 71.1 Å². The Bertz CT molecular complexity index is 1140. The Kier molecular flexibility index (Phi) is 7.02. The average Bonchev–Trinajstić information content (AvgIpc) is 3.55. The lowest BCUT2D eigenvalue weighted by Gasteiger charge is -2.33. The number of carbonyl (C=O) groups is 4. The molecule has 0 aromatic heterocycles. The van der Waals surface area contributed by atoms with Crippen LogP contribution in [0.3, 0.4) is 0 Å². The summed E-state index contributed by atoms with van der Waals surface area (Å²) in [6.45, 7) is 2.90. The molecule has 0 radical (unpaired) electrons. The maximum absolute atomic E-state index is 13.3. The summed E-state index contributed by atoms with van der Waals surface area (Å²) in [6, 6.07) is 15.9. The summed E-state index contributed by atoms with van der Waals surface area (Å²) in [6.07, 6.45) is 3.46. The van der Waals surface area contributed by atoms with Crippen LogP contribution in [-0.2, 0) is 20.9 Å². The van der Waals surface area contributed by atoms with Crippen molar-refractivity contribution in [2.24, 2.45) is 5.92 Å². The predicted octanol–water partition coefficient (Wildman–Crippen LogP) is 2.36. The van der Waals surface area contributed by atoms with E-state index in [1.807, 2.05) is 41.3 Å². The molecule has 4 amide bonds. The summed E-state index contributed by atoms with van der Waals surface area (Å²) in [4.78, 5) is 57.2. The third kappa shape index (κ3) is 4.85. The van der Waals surface area contributed by atoms with Gasteiger partial charge in [-0.25, -0.2) is 0 Å². The van der Waals surface area contributed by atoms with Crippen molar-refractivity contribution in [2.75, 3.05) is 32.7 Å². The standard InChI is InChI=1S/C28H32N4O4/c33-24(30-16-12-21(13-17-30)27(35)31-14-6-7-15-31)18-29-26(34)25-22-10-4-5-11-23(22)28(36)32(25)19-20-8-2-1-3-9-20/h1-5,8-11,21,25H,6-7,12-19H2,(H,29,34)/t25-/m1/s1. The Morgan fingerprint density at radius 2 is 1.50 bits per heavy atom. The number of piperidine rings is 1. The molecule has 0 saturated carbocycles. The summed E-state index contributed by atoms with van der Waals surface area (Å²) in [5, 5.41) is 2.78. The van der Waals surface area contributed by atoms with E-state index in [1.165, 1.54) is 0 Å². The van der Waals surface area contributed by atoms with Gasteiger partial charge in [0, 0.05) is 44.2 Å². The van der Waals surface area contributed by atoms with Crippen LogP contribution in [0.2, 0.25) is 0 Å². The molecule has 1 atom stereocenters. The fourth-order valence-electron chi connectivity index (χ4n) is 5.54. The lowest BCUT2D eigenvalue weighted by Crippen LogP contribution is -2.48. The Morgan fingerprint density at radius 1 is 0.833 bits per heavy atom. The number of hydrogen-bond acceptors (Lipinski definition) is 4. The third-order valence-electron chi connectivity index (χ3n) is 7.53. The Hall–Kier alpha value is -3.68. The zero-order valence-corrected chi connectivity index (χ0v) is 20.4. The van der Waals surface area contributed by atoms with Gasteiger partial charge in [-0.1, -0.05) is 48.5 Å². The minimum absolute atomic E-state index is 0.0192. The van der Waals surface area contributed by atoms with Gasteiger partial charge in [-0.15, -0.1) is 0 Å². The Labute approximate surface area is 211 Å². The SMILES string of the molecule is O=C(NCC(=O)N1CCC(C(=O)N2CCCC2)CC1)[C@H]1c2ccccc2C(=O)N1Cc1ccccc1. The van der Waals surface area contributed by atoms with Crippen molar-refractivity contribution >= 4 is 23.6 Å². The highest BCUT2D eigenvalue weighted by atomic mass is 16.2. The number of likely N-dealkylation sites (tertiary alicyclic amines) is 2. The lowest BCUT2D eigenvalue weighted by atomic mass is 9.95. The molecule has 2 aromatic rings. The molecular weight excluding hydrogens is 456 g/mol. The summed E-state index contributed by atoms with van der Waals surface area (Å²) < 4.78 is 0. The zero-order chi connectivity index (χ0) is 25.1. The van der Waals surface area contributed by atoms with E-state index in [0.717, 1.165) is 31.5 Å². The molecule has 3 aliphatic rings. The quantitative estimate of drug-likeness (QED) is 0.676. The zero-order valence-electron chi connectivity index (χ0n) is 20.4. The largest absolute Gasteiger partial charge is 0.345 e. The van der Waals surface area contributed by atoms with Crippen molar-refractivity contribution in [3.63, 3.8) is 0 Å². The van der Waals surface area contributed by atoms with Crippen LogP contribution < -0.4 is 5.32 Å². The Balaban J connectivity index is 1.19. The fraction of sp³-hybridized carbons (Fsp3) is 0.429. The van der Waals surface area contributed by atoms with Crippen LogP contribution in [0.15, 0.2) is 54.6 Å². The second-order valence-electron chi connectivity index (χ2n) is 9.81. The van der Waals surface area contributed by atoms with Crippen molar-refractivity contribution in [1.82, 2.24) is 20.0 Å². The molecule has 2 fully saturated rings. The predicted molar refractivity (Wildman–Crippen MR) is 134 cm³/mol. The van der Waals surface area contributed by atoms with Gasteiger partial charge in [0.25, 0.3) is 5.91 Å². The molecule has 3 aliphatic heterocycles. The van der Waals surface area contributed by atoms with Gasteiger partial charge in [0.15, 0.2) is 0 Å². The molecule has 0 aliphatic carbocycles. The number of benzene rings is 2. The van der Waals surface area contributed by atoms with Crippen LogP contribution in [0.1, 0.15) is 53.2 Å². The number of hydrogen-bond donors (Lipinski definition) is 1. The van der Waals surface area contributed by atoms with E-state index in [1.54, 1.807) is 28.0 Å². The molecule has 0 bridgehead atoms. The van der Waals surface area contributed by atoms with Crippen LogP contribution in [0, 0.1) is 5.92 Å². The van der Waals surface area contributed by atoms with Gasteiger partial charge in [0.2, 0.25) is 17.7 Å². The minimum atomic E-state index is -0.787. The van der Waals surface area contributed by atoms with Crippen LogP contribution in [0.25, 0.3) is 0 Å². The molecule has 0 unspecified atom stereocenters. The first kappa shape index (κ1) is 24.0. The lowest BCUT2D eigenvalue weighted by molar-refractivity contribution is -0.140. The van der Waals surface area contributed by atoms with Gasteiger partial charge < -0.3 is 20.0 Å². The smallest absolute Gasteiger partial charge is 0.255 e. The summed E-state index contributed by atoms with van der Waals surface area (Å²) in [5.74, 6) is -0.518. The van der Waals surface area contributed by atoms with Crippen molar-refractivity contribution in [2.45, 2.75) is 38.3 Å². The van der Waals surface area contributed by atoms with Gasteiger partial charge >= 0.3 is 0 Å². The molecule has 0 spiro atoms. The van der Waals surface area contributed by atoms with Crippen LogP contribution in [0.5, 0.6) is 0 Å². The van der Waals surface area contributed by atoms with E-state index in [-0.39, 0.29) is 36.1 Å². The second-order valence-corrected chi connectivity index (χ2v) is 9.81. The Morgan fingerprint density at radius 3 is 2.22 bits per heavy atom. The van der Waals surface area contributed by atoms with Gasteiger partial charge in [0.05, 0.1) is 6.54 Å². The van der Waals surface area contributed by atoms with Gasteiger partial charge in [-0.3, -0.25) is 19.2 Å². The van der Waals surface area contributed by atoms with E-state index in [0.29, 0.717) is 43.6 Å². The van der Waals surface area contributed by atoms with E-state index >= 15 is 0 Å². The van der Waals surface area contributed by atoms with Crippen molar-refractivity contribution in [3.05, 3.63) is 71.3 Å². The van der Waals surface area contributed by atoms with E-state index in [9.17, 15) is 19.2 Å². The molecule has 188 valence electrons. The minimum Gasteiger partial charge on any atom is -0.345 e. The summed E-state index contributed by atoms with van der Waals surface area (Å²) in [5.41, 5.74) is 2.10. The molecular formula is C28H32N4O4. The second kappa shape index (κ2) is 10.5. The van der Waals surface area contributed by atoms with Crippen molar-refractivity contribution in [3.8, 4) is 0 Å². The number of rotatable bonds is 6. The first-order valence-electron chi connectivity index (χ1n) is 12.8. The monoisotopic (exact) mass is 488 g/mol. The first-order chi connectivity index (χ1) is 17.5. The molecule has 8 heteroatoms. The first-order valence-corrected chi connectivity index (χ1v) is 12.8. The molecule has 2 aromatic carbocycles. The van der Waals surface area contributed by atoms with E-state index in [4.69, 9.17) is 0 Å². The number of fused-ring (bicyclic) bond motifs is 1. The molecule has 3 heterocycles. The van der Waals surface area contributed by atoms with Gasteiger partial charge in [0.1, 0.15) is 6.04 Å². The highest BCUT2D eigenvalue weighted by Crippen LogP contribution is 2.35. The molecule has 1 N–H and O–H groups in total. The van der Waals surface area contributed by atoms with Crippen molar-refractivity contribution in [1.29, 1.82) is 0 Å². The number of amides is 4. The summed E-state index contributed by atoms with van der Waals surface area (Å²) in [7, 11) is 0. The van der Waals surface area contributed by atoms with Gasteiger partial charge in [-0.2, -0.15) is 0 Å².